The maximum atomic E-state index is 12.3. The number of ether oxygens (including phenoxy) is 2. The molecule has 1 atom stereocenters. The molecule has 1 heterocycles. The maximum Gasteiger partial charge on any atom is 0.328 e. The SMILES string of the molecule is COC(=O)C1CCCN1C(=O)/C=C/c1cccc(OC(C)C)c1. The van der Waals surface area contributed by atoms with Crippen LogP contribution in [0.3, 0.4) is 0 Å². The highest BCUT2D eigenvalue weighted by Crippen LogP contribution is 2.20. The normalized spacial score (nSPS) is 17.7. The first kappa shape index (κ1) is 17.1. The molecule has 1 saturated heterocycles. The average molecular weight is 317 g/mol. The highest BCUT2D eigenvalue weighted by Gasteiger charge is 2.33. The van der Waals surface area contributed by atoms with Crippen molar-refractivity contribution in [1.82, 2.24) is 4.90 Å². The summed E-state index contributed by atoms with van der Waals surface area (Å²) in [5, 5.41) is 0. The number of nitrogens with zero attached hydrogens (tertiary/aromatic N) is 1. The summed E-state index contributed by atoms with van der Waals surface area (Å²) in [5.41, 5.74) is 0.880. The van der Waals surface area contributed by atoms with E-state index < -0.39 is 6.04 Å². The van der Waals surface area contributed by atoms with Crippen molar-refractivity contribution >= 4 is 18.0 Å². The van der Waals surface area contributed by atoms with E-state index in [1.807, 2.05) is 38.1 Å². The molecule has 0 spiro atoms. The number of benzene rings is 1. The third kappa shape index (κ3) is 4.58. The molecule has 1 fully saturated rings. The van der Waals surface area contributed by atoms with Gasteiger partial charge in [-0.05, 0) is 50.5 Å². The minimum absolute atomic E-state index is 0.0984. The van der Waals surface area contributed by atoms with Crippen LogP contribution in [0.2, 0.25) is 0 Å². The highest BCUT2D eigenvalue weighted by molar-refractivity contribution is 5.95. The second-order valence-corrected chi connectivity index (χ2v) is 5.79. The summed E-state index contributed by atoms with van der Waals surface area (Å²) < 4.78 is 10.4. The summed E-state index contributed by atoms with van der Waals surface area (Å²) in [6.45, 7) is 4.51. The van der Waals surface area contributed by atoms with E-state index in [4.69, 9.17) is 9.47 Å². The lowest BCUT2D eigenvalue weighted by Crippen LogP contribution is -2.40. The van der Waals surface area contributed by atoms with Gasteiger partial charge in [-0.3, -0.25) is 4.79 Å². The predicted molar refractivity (Wildman–Crippen MR) is 88.0 cm³/mol. The first-order valence-corrected chi connectivity index (χ1v) is 7.84. The van der Waals surface area contributed by atoms with Gasteiger partial charge in [-0.1, -0.05) is 12.1 Å². The minimum Gasteiger partial charge on any atom is -0.491 e. The van der Waals surface area contributed by atoms with Crippen LogP contribution >= 0.6 is 0 Å². The molecule has 0 radical (unpaired) electrons. The van der Waals surface area contributed by atoms with E-state index in [0.29, 0.717) is 13.0 Å². The van der Waals surface area contributed by atoms with E-state index in [2.05, 4.69) is 0 Å². The van der Waals surface area contributed by atoms with Crippen LogP contribution in [0.1, 0.15) is 32.3 Å². The van der Waals surface area contributed by atoms with Crippen LogP contribution < -0.4 is 4.74 Å². The summed E-state index contributed by atoms with van der Waals surface area (Å²) in [5.74, 6) is 0.243. The Bertz CT molecular complexity index is 594. The number of likely N-dealkylation sites (tertiary alicyclic amines) is 1. The molecule has 2 rings (SSSR count). The predicted octanol–water partition coefficient (Wildman–Crippen LogP) is 2.65. The van der Waals surface area contributed by atoms with Crippen molar-refractivity contribution in [2.45, 2.75) is 38.8 Å². The Morgan fingerprint density at radius 1 is 1.35 bits per heavy atom. The molecule has 0 saturated carbocycles. The van der Waals surface area contributed by atoms with Gasteiger partial charge in [0, 0.05) is 12.6 Å². The Morgan fingerprint density at radius 3 is 2.83 bits per heavy atom. The molecule has 124 valence electrons. The molecule has 0 aliphatic carbocycles. The topological polar surface area (TPSA) is 55.8 Å². The van der Waals surface area contributed by atoms with E-state index in [0.717, 1.165) is 17.7 Å². The van der Waals surface area contributed by atoms with Crippen molar-refractivity contribution in [3.63, 3.8) is 0 Å². The molecule has 0 bridgehead atoms. The average Bonchev–Trinajstić information content (AvgIpc) is 3.01. The van der Waals surface area contributed by atoms with Crippen LogP contribution in [0, 0.1) is 0 Å². The fraction of sp³-hybridized carbons (Fsp3) is 0.444. The smallest absolute Gasteiger partial charge is 0.328 e. The van der Waals surface area contributed by atoms with E-state index >= 15 is 0 Å². The van der Waals surface area contributed by atoms with Gasteiger partial charge in [0.05, 0.1) is 13.2 Å². The lowest BCUT2D eigenvalue weighted by molar-refractivity contribution is -0.149. The number of methoxy groups -OCH3 is 1. The third-order valence-electron chi connectivity index (χ3n) is 3.66. The molecule has 1 aliphatic rings. The molecule has 1 aliphatic heterocycles. The quantitative estimate of drug-likeness (QED) is 0.619. The van der Waals surface area contributed by atoms with Crippen LogP contribution in [0.15, 0.2) is 30.3 Å². The van der Waals surface area contributed by atoms with E-state index in [9.17, 15) is 9.59 Å². The van der Waals surface area contributed by atoms with E-state index in [1.165, 1.54) is 13.2 Å². The Morgan fingerprint density at radius 2 is 2.13 bits per heavy atom. The van der Waals surface area contributed by atoms with Crippen molar-refractivity contribution in [1.29, 1.82) is 0 Å². The summed E-state index contributed by atoms with van der Waals surface area (Å²) in [6.07, 6.45) is 4.81. The van der Waals surface area contributed by atoms with Crippen molar-refractivity contribution in [3.05, 3.63) is 35.9 Å². The van der Waals surface area contributed by atoms with Gasteiger partial charge in [-0.25, -0.2) is 4.79 Å². The summed E-state index contributed by atoms with van der Waals surface area (Å²) >= 11 is 0. The second-order valence-electron chi connectivity index (χ2n) is 5.79. The third-order valence-corrected chi connectivity index (χ3v) is 3.66. The van der Waals surface area contributed by atoms with Crippen LogP contribution in [-0.2, 0) is 14.3 Å². The number of hydrogen-bond acceptors (Lipinski definition) is 4. The number of amides is 1. The molecule has 1 aromatic carbocycles. The fourth-order valence-electron chi connectivity index (χ4n) is 2.64. The zero-order chi connectivity index (χ0) is 16.8. The minimum atomic E-state index is -0.465. The Balaban J connectivity index is 2.04. The first-order valence-electron chi connectivity index (χ1n) is 7.84. The van der Waals surface area contributed by atoms with Crippen LogP contribution in [0.25, 0.3) is 6.08 Å². The van der Waals surface area contributed by atoms with Crippen molar-refractivity contribution < 1.29 is 19.1 Å². The monoisotopic (exact) mass is 317 g/mol. The second kappa shape index (κ2) is 7.81. The van der Waals surface area contributed by atoms with Gasteiger partial charge in [-0.15, -0.1) is 0 Å². The Hall–Kier alpha value is -2.30. The van der Waals surface area contributed by atoms with Gasteiger partial charge in [0.2, 0.25) is 5.91 Å². The molecule has 0 N–H and O–H groups in total. The summed E-state index contributed by atoms with van der Waals surface area (Å²) in [6, 6.07) is 7.08. The van der Waals surface area contributed by atoms with Gasteiger partial charge in [0.1, 0.15) is 11.8 Å². The summed E-state index contributed by atoms with van der Waals surface area (Å²) in [7, 11) is 1.35. The fourth-order valence-corrected chi connectivity index (χ4v) is 2.64. The van der Waals surface area contributed by atoms with Crippen LogP contribution in [-0.4, -0.2) is 42.6 Å². The van der Waals surface area contributed by atoms with Crippen LogP contribution in [0.4, 0.5) is 0 Å². The molecule has 5 heteroatoms. The summed E-state index contributed by atoms with van der Waals surface area (Å²) in [4.78, 5) is 25.6. The Labute approximate surface area is 136 Å². The molecule has 23 heavy (non-hydrogen) atoms. The van der Waals surface area contributed by atoms with Gasteiger partial charge in [-0.2, -0.15) is 0 Å². The van der Waals surface area contributed by atoms with Crippen molar-refractivity contribution in [3.8, 4) is 5.75 Å². The standard InChI is InChI=1S/C18H23NO4/c1-13(2)23-15-7-4-6-14(12-15)9-10-17(20)19-11-5-8-16(19)18(21)22-3/h4,6-7,9-10,12-13,16H,5,8,11H2,1-3H3/b10-9+. The Kier molecular flexibility index (Phi) is 5.79. The number of esters is 1. The zero-order valence-corrected chi connectivity index (χ0v) is 13.8. The van der Waals surface area contributed by atoms with E-state index in [1.54, 1.807) is 11.0 Å². The first-order chi connectivity index (χ1) is 11.0. The highest BCUT2D eigenvalue weighted by atomic mass is 16.5. The molecular formula is C18H23NO4. The van der Waals surface area contributed by atoms with Gasteiger partial charge >= 0.3 is 5.97 Å². The largest absolute Gasteiger partial charge is 0.491 e. The molecule has 1 aromatic rings. The van der Waals surface area contributed by atoms with E-state index in [-0.39, 0.29) is 18.0 Å². The van der Waals surface area contributed by atoms with Crippen molar-refractivity contribution in [2.24, 2.45) is 0 Å². The lowest BCUT2D eigenvalue weighted by Gasteiger charge is -2.20. The van der Waals surface area contributed by atoms with Gasteiger partial charge in [0.25, 0.3) is 0 Å². The zero-order valence-electron chi connectivity index (χ0n) is 13.8. The number of carbonyl (C=O) groups is 2. The van der Waals surface area contributed by atoms with Crippen molar-refractivity contribution in [2.75, 3.05) is 13.7 Å². The number of hydrogen-bond donors (Lipinski definition) is 0. The molecule has 1 amide bonds. The molecule has 1 unspecified atom stereocenters. The molecule has 0 aromatic heterocycles. The molecular weight excluding hydrogens is 294 g/mol. The lowest BCUT2D eigenvalue weighted by atomic mass is 10.2. The van der Waals surface area contributed by atoms with Gasteiger partial charge in [0.15, 0.2) is 0 Å². The van der Waals surface area contributed by atoms with Crippen LogP contribution in [0.5, 0.6) is 5.75 Å². The number of carbonyl (C=O) groups excluding carboxylic acids is 2. The number of rotatable bonds is 5. The maximum absolute atomic E-state index is 12.3. The molecule has 5 nitrogen and oxygen atoms in total. The van der Waals surface area contributed by atoms with Gasteiger partial charge < -0.3 is 14.4 Å².